The van der Waals surface area contributed by atoms with E-state index in [2.05, 4.69) is 4.98 Å². The number of carboxylic acid groups (broad SMARTS) is 1. The third kappa shape index (κ3) is 6.12. The molecule has 5 aromatic rings. The molecule has 1 aliphatic heterocycles. The molecule has 0 amide bonds. The van der Waals surface area contributed by atoms with Crippen LogP contribution in [-0.4, -0.2) is 38.3 Å². The van der Waals surface area contributed by atoms with Gasteiger partial charge in [0.05, 0.1) is 34.9 Å². The topological polar surface area (TPSA) is 86.5 Å². The maximum absolute atomic E-state index is 15.4. The first-order chi connectivity index (χ1) is 20.3. The van der Waals surface area contributed by atoms with E-state index in [4.69, 9.17) is 26.1 Å². The number of aromatic carboxylic acids is 1. The highest BCUT2D eigenvalue weighted by Gasteiger charge is 2.21. The smallest absolute Gasteiger partial charge is 0.335 e. The van der Waals surface area contributed by atoms with Crippen LogP contribution in [0.3, 0.4) is 0 Å². The molecule has 3 aromatic carbocycles. The highest BCUT2D eigenvalue weighted by molar-refractivity contribution is 6.30. The van der Waals surface area contributed by atoms with Gasteiger partial charge < -0.3 is 19.1 Å². The highest BCUT2D eigenvalue weighted by Crippen LogP contribution is 2.27. The standard InChI is InChI=1S/C32H26ClF2N3O4/c33-22-11-20(12-23(34)16-22)18-42-31-5-1-4-27(37-31)25-8-6-19(13-26(25)35)14-30-36-28-9-7-21(32(39)40)15-29(28)38(30)17-24-3-2-10-41-24/h1,4-9,11-13,15-16,24H,2-3,10,14,17-18H2,(H,39,40). The number of benzene rings is 3. The molecule has 42 heavy (non-hydrogen) atoms. The summed E-state index contributed by atoms with van der Waals surface area (Å²) in [5.41, 5.74) is 3.50. The minimum Gasteiger partial charge on any atom is -0.478 e. The molecule has 0 spiro atoms. The molecule has 1 aliphatic rings. The first-order valence-electron chi connectivity index (χ1n) is 13.5. The van der Waals surface area contributed by atoms with Gasteiger partial charge in [0.1, 0.15) is 24.1 Å². The third-order valence-corrected chi connectivity index (χ3v) is 7.41. The molecule has 1 N–H and O–H groups in total. The Kier molecular flexibility index (Phi) is 7.86. The van der Waals surface area contributed by atoms with E-state index >= 15 is 4.39 Å². The number of carboxylic acids is 1. The van der Waals surface area contributed by atoms with Crippen LogP contribution in [-0.2, 0) is 24.3 Å². The van der Waals surface area contributed by atoms with E-state index in [1.54, 1.807) is 42.5 Å². The van der Waals surface area contributed by atoms with Crippen molar-refractivity contribution >= 4 is 28.6 Å². The van der Waals surface area contributed by atoms with Gasteiger partial charge in [-0.15, -0.1) is 0 Å². The third-order valence-electron chi connectivity index (χ3n) is 7.19. The molecule has 1 unspecified atom stereocenters. The minimum absolute atomic E-state index is 0.00668. The van der Waals surface area contributed by atoms with Crippen LogP contribution < -0.4 is 4.74 Å². The number of halogens is 3. The lowest BCUT2D eigenvalue weighted by Crippen LogP contribution is -2.17. The van der Waals surface area contributed by atoms with Crippen molar-refractivity contribution in [3.8, 4) is 17.1 Å². The van der Waals surface area contributed by atoms with Crippen LogP contribution >= 0.6 is 11.6 Å². The molecule has 0 aliphatic carbocycles. The summed E-state index contributed by atoms with van der Waals surface area (Å²) >= 11 is 5.92. The van der Waals surface area contributed by atoms with E-state index < -0.39 is 17.6 Å². The van der Waals surface area contributed by atoms with Crippen molar-refractivity contribution in [3.63, 3.8) is 0 Å². The van der Waals surface area contributed by atoms with Crippen LogP contribution in [0.25, 0.3) is 22.3 Å². The molecule has 214 valence electrons. The lowest BCUT2D eigenvalue weighted by atomic mass is 10.1. The molecular weight excluding hydrogens is 564 g/mol. The Hall–Kier alpha value is -4.34. The van der Waals surface area contributed by atoms with E-state index in [1.165, 1.54) is 24.3 Å². The second kappa shape index (κ2) is 11.9. The minimum atomic E-state index is -1.01. The van der Waals surface area contributed by atoms with E-state index in [0.29, 0.717) is 58.8 Å². The quantitative estimate of drug-likeness (QED) is 0.198. The predicted octanol–water partition coefficient (Wildman–Crippen LogP) is 7.08. The Morgan fingerprint density at radius 1 is 1.05 bits per heavy atom. The molecule has 10 heteroatoms. The first kappa shape index (κ1) is 27.8. The van der Waals surface area contributed by atoms with Crippen molar-refractivity contribution in [2.75, 3.05) is 6.61 Å². The highest BCUT2D eigenvalue weighted by atomic mass is 35.5. The zero-order valence-corrected chi connectivity index (χ0v) is 23.2. The summed E-state index contributed by atoms with van der Waals surface area (Å²) in [6.07, 6.45) is 2.23. The van der Waals surface area contributed by atoms with Crippen LogP contribution in [0.4, 0.5) is 8.78 Å². The zero-order chi connectivity index (χ0) is 29.2. The maximum Gasteiger partial charge on any atom is 0.335 e. The molecule has 0 bridgehead atoms. The normalized spacial score (nSPS) is 14.9. The number of pyridine rings is 1. The molecule has 1 saturated heterocycles. The Morgan fingerprint density at radius 2 is 1.93 bits per heavy atom. The lowest BCUT2D eigenvalue weighted by Gasteiger charge is -2.15. The SMILES string of the molecule is O=C(O)c1ccc2nc(Cc3ccc(-c4cccc(OCc5cc(F)cc(Cl)c5)n4)c(F)c3)n(CC3CCCO3)c2c1. The van der Waals surface area contributed by atoms with Crippen LogP contribution in [0.5, 0.6) is 5.88 Å². The van der Waals surface area contributed by atoms with Crippen LogP contribution in [0.15, 0.2) is 72.8 Å². The monoisotopic (exact) mass is 589 g/mol. The maximum atomic E-state index is 15.4. The predicted molar refractivity (Wildman–Crippen MR) is 154 cm³/mol. The first-order valence-corrected chi connectivity index (χ1v) is 13.9. The Bertz CT molecular complexity index is 1770. The molecule has 0 saturated carbocycles. The molecule has 2 aromatic heterocycles. The Balaban J connectivity index is 1.24. The number of nitrogens with zero attached hydrogens (tertiary/aromatic N) is 3. The van der Waals surface area contributed by atoms with Gasteiger partial charge in [-0.3, -0.25) is 0 Å². The second-order valence-electron chi connectivity index (χ2n) is 10.2. The molecule has 0 radical (unpaired) electrons. The summed E-state index contributed by atoms with van der Waals surface area (Å²) in [5, 5.41) is 9.77. The summed E-state index contributed by atoms with van der Waals surface area (Å²) in [5.74, 6) is -0.968. The summed E-state index contributed by atoms with van der Waals surface area (Å²) in [4.78, 5) is 20.8. The summed E-state index contributed by atoms with van der Waals surface area (Å²) in [6, 6.07) is 19.0. The van der Waals surface area contributed by atoms with Gasteiger partial charge >= 0.3 is 5.97 Å². The molecular formula is C32H26ClF2N3O4. The van der Waals surface area contributed by atoms with Crippen molar-refractivity contribution < 1.29 is 28.2 Å². The number of fused-ring (bicyclic) bond motifs is 1. The fourth-order valence-corrected chi connectivity index (χ4v) is 5.44. The van der Waals surface area contributed by atoms with Gasteiger partial charge in [0.25, 0.3) is 0 Å². The largest absolute Gasteiger partial charge is 0.478 e. The van der Waals surface area contributed by atoms with Gasteiger partial charge in [-0.25, -0.2) is 23.5 Å². The van der Waals surface area contributed by atoms with Crippen molar-refractivity contribution in [3.05, 3.63) is 112 Å². The molecule has 1 fully saturated rings. The van der Waals surface area contributed by atoms with E-state index in [-0.39, 0.29) is 29.2 Å². The van der Waals surface area contributed by atoms with Gasteiger partial charge in [-0.05, 0) is 78.6 Å². The van der Waals surface area contributed by atoms with Crippen LogP contribution in [0, 0.1) is 11.6 Å². The van der Waals surface area contributed by atoms with Crippen molar-refractivity contribution in [1.82, 2.24) is 14.5 Å². The Labute approximate surface area is 245 Å². The average molecular weight is 590 g/mol. The lowest BCUT2D eigenvalue weighted by molar-refractivity contribution is 0.0697. The van der Waals surface area contributed by atoms with Gasteiger partial charge in [-0.2, -0.15) is 0 Å². The van der Waals surface area contributed by atoms with Gasteiger partial charge in [0, 0.05) is 29.7 Å². The number of aromatic nitrogens is 3. The van der Waals surface area contributed by atoms with Gasteiger partial charge in [0.2, 0.25) is 5.88 Å². The number of carbonyl (C=O) groups is 1. The van der Waals surface area contributed by atoms with Crippen molar-refractivity contribution in [2.24, 2.45) is 0 Å². The fourth-order valence-electron chi connectivity index (χ4n) is 5.19. The number of hydrogen-bond donors (Lipinski definition) is 1. The van der Waals surface area contributed by atoms with E-state index in [1.807, 2.05) is 10.6 Å². The summed E-state index contributed by atoms with van der Waals surface area (Å²) < 4.78 is 42.6. The molecule has 3 heterocycles. The molecule has 7 nitrogen and oxygen atoms in total. The zero-order valence-electron chi connectivity index (χ0n) is 22.4. The van der Waals surface area contributed by atoms with Crippen molar-refractivity contribution in [2.45, 2.75) is 38.5 Å². The van der Waals surface area contributed by atoms with Crippen LogP contribution in [0.2, 0.25) is 5.02 Å². The van der Waals surface area contributed by atoms with Gasteiger partial charge in [0.15, 0.2) is 0 Å². The van der Waals surface area contributed by atoms with Gasteiger partial charge in [-0.1, -0.05) is 23.7 Å². The van der Waals surface area contributed by atoms with Crippen molar-refractivity contribution in [1.29, 1.82) is 0 Å². The molecule has 1 atom stereocenters. The number of hydrogen-bond acceptors (Lipinski definition) is 5. The number of rotatable bonds is 9. The Morgan fingerprint density at radius 3 is 2.69 bits per heavy atom. The summed E-state index contributed by atoms with van der Waals surface area (Å²) in [6.45, 7) is 1.28. The second-order valence-corrected chi connectivity index (χ2v) is 10.6. The van der Waals surface area contributed by atoms with E-state index in [0.717, 1.165) is 12.8 Å². The van der Waals surface area contributed by atoms with E-state index in [9.17, 15) is 14.3 Å². The number of ether oxygens (including phenoxy) is 2. The number of imidazole rings is 1. The fraction of sp³-hybridized carbons (Fsp3) is 0.219. The van der Waals surface area contributed by atoms with Crippen LogP contribution in [0.1, 0.15) is 40.2 Å². The average Bonchev–Trinajstić information content (AvgIpc) is 3.59. The summed E-state index contributed by atoms with van der Waals surface area (Å²) in [7, 11) is 0. The molecule has 6 rings (SSSR count).